The van der Waals surface area contributed by atoms with Crippen LogP contribution in [0, 0.1) is 11.3 Å². The molecule has 0 radical (unpaired) electrons. The Labute approximate surface area is 88.7 Å². The number of aryl methyl sites for hydroxylation is 2. The lowest BCUT2D eigenvalue weighted by molar-refractivity contribution is 0.545. The summed E-state index contributed by atoms with van der Waals surface area (Å²) in [5.41, 5.74) is 3.41. The van der Waals surface area contributed by atoms with Gasteiger partial charge in [0, 0.05) is 23.1 Å². The van der Waals surface area contributed by atoms with Gasteiger partial charge in [0.15, 0.2) is 0 Å². The van der Waals surface area contributed by atoms with E-state index >= 15 is 0 Å². The first-order valence-electron chi connectivity index (χ1n) is 5.41. The summed E-state index contributed by atoms with van der Waals surface area (Å²) in [6.07, 6.45) is 3.69. The SMILES string of the molecule is N#Cc1cccc2c1cc1n2CCCC1. The van der Waals surface area contributed by atoms with E-state index in [0.717, 1.165) is 23.9 Å². The largest absolute Gasteiger partial charge is 0.345 e. The Kier molecular flexibility index (Phi) is 1.78. The second-order valence-corrected chi connectivity index (χ2v) is 4.09. The van der Waals surface area contributed by atoms with Gasteiger partial charge in [-0.2, -0.15) is 5.26 Å². The molecule has 2 heteroatoms. The quantitative estimate of drug-likeness (QED) is 0.637. The predicted molar refractivity (Wildman–Crippen MR) is 59.6 cm³/mol. The van der Waals surface area contributed by atoms with Crippen molar-refractivity contribution >= 4 is 10.9 Å². The molecular weight excluding hydrogens is 184 g/mol. The molecule has 0 fully saturated rings. The summed E-state index contributed by atoms with van der Waals surface area (Å²) in [6, 6.07) is 10.4. The van der Waals surface area contributed by atoms with Crippen LogP contribution in [0.1, 0.15) is 24.1 Å². The lowest BCUT2D eigenvalue weighted by atomic mass is 10.1. The number of hydrogen-bond acceptors (Lipinski definition) is 1. The minimum absolute atomic E-state index is 0.800. The van der Waals surface area contributed by atoms with Crippen molar-refractivity contribution in [3.8, 4) is 6.07 Å². The number of nitrogens with zero attached hydrogens (tertiary/aromatic N) is 2. The highest BCUT2D eigenvalue weighted by Gasteiger charge is 2.14. The van der Waals surface area contributed by atoms with Crippen molar-refractivity contribution in [1.29, 1.82) is 5.26 Å². The Morgan fingerprint density at radius 2 is 2.20 bits per heavy atom. The average Bonchev–Trinajstić information content (AvgIpc) is 2.67. The zero-order valence-corrected chi connectivity index (χ0v) is 8.53. The van der Waals surface area contributed by atoms with Crippen LogP contribution in [0.3, 0.4) is 0 Å². The van der Waals surface area contributed by atoms with Gasteiger partial charge in [0.1, 0.15) is 0 Å². The molecule has 74 valence electrons. The van der Waals surface area contributed by atoms with Crippen LogP contribution in [0.5, 0.6) is 0 Å². The normalized spacial score (nSPS) is 14.9. The second-order valence-electron chi connectivity index (χ2n) is 4.09. The summed E-state index contributed by atoms with van der Waals surface area (Å²) < 4.78 is 2.36. The van der Waals surface area contributed by atoms with E-state index in [2.05, 4.69) is 22.8 Å². The smallest absolute Gasteiger partial charge is 0.0998 e. The predicted octanol–water partition coefficient (Wildman–Crippen LogP) is 2.85. The molecular formula is C13H12N2. The molecule has 0 amide bonds. The van der Waals surface area contributed by atoms with Crippen molar-refractivity contribution in [2.75, 3.05) is 0 Å². The van der Waals surface area contributed by atoms with E-state index in [9.17, 15) is 0 Å². The lowest BCUT2D eigenvalue weighted by Gasteiger charge is -2.15. The van der Waals surface area contributed by atoms with Gasteiger partial charge < -0.3 is 4.57 Å². The van der Waals surface area contributed by atoms with E-state index in [1.165, 1.54) is 24.1 Å². The van der Waals surface area contributed by atoms with E-state index < -0.39 is 0 Å². The van der Waals surface area contributed by atoms with E-state index in [1.807, 2.05) is 12.1 Å². The van der Waals surface area contributed by atoms with Crippen LogP contribution < -0.4 is 0 Å². The Hall–Kier alpha value is -1.75. The molecule has 1 aromatic carbocycles. The van der Waals surface area contributed by atoms with Crippen LogP contribution in [0.15, 0.2) is 24.3 Å². The van der Waals surface area contributed by atoms with E-state index in [4.69, 9.17) is 5.26 Å². The summed E-state index contributed by atoms with van der Waals surface area (Å²) in [5.74, 6) is 0. The van der Waals surface area contributed by atoms with Gasteiger partial charge in [-0.15, -0.1) is 0 Å². The van der Waals surface area contributed by atoms with Gasteiger partial charge in [-0.3, -0.25) is 0 Å². The van der Waals surface area contributed by atoms with Crippen molar-refractivity contribution in [3.05, 3.63) is 35.5 Å². The molecule has 1 aliphatic rings. The van der Waals surface area contributed by atoms with Crippen LogP contribution in [-0.4, -0.2) is 4.57 Å². The Bertz CT molecular complexity index is 558. The minimum atomic E-state index is 0.800. The molecule has 0 saturated heterocycles. The molecule has 0 saturated carbocycles. The van der Waals surface area contributed by atoms with Crippen LogP contribution in [0.2, 0.25) is 0 Å². The maximum absolute atomic E-state index is 9.04. The maximum atomic E-state index is 9.04. The summed E-state index contributed by atoms with van der Waals surface area (Å²) in [5, 5.41) is 10.2. The third-order valence-electron chi connectivity index (χ3n) is 3.22. The van der Waals surface area contributed by atoms with Gasteiger partial charge in [-0.25, -0.2) is 0 Å². The molecule has 1 aromatic heterocycles. The van der Waals surface area contributed by atoms with Crippen molar-refractivity contribution in [1.82, 2.24) is 4.57 Å². The van der Waals surface area contributed by atoms with E-state index in [1.54, 1.807) is 0 Å². The number of nitriles is 1. The molecule has 0 unspecified atom stereocenters. The highest BCUT2D eigenvalue weighted by Crippen LogP contribution is 2.27. The molecule has 0 bridgehead atoms. The fraction of sp³-hybridized carbons (Fsp3) is 0.308. The third-order valence-corrected chi connectivity index (χ3v) is 3.22. The molecule has 2 heterocycles. The van der Waals surface area contributed by atoms with Gasteiger partial charge in [-0.1, -0.05) is 6.07 Å². The number of rotatable bonds is 0. The van der Waals surface area contributed by atoms with Crippen molar-refractivity contribution in [2.45, 2.75) is 25.8 Å². The number of hydrogen-bond donors (Lipinski definition) is 0. The van der Waals surface area contributed by atoms with Crippen molar-refractivity contribution < 1.29 is 0 Å². The van der Waals surface area contributed by atoms with E-state index in [-0.39, 0.29) is 0 Å². The van der Waals surface area contributed by atoms with Crippen LogP contribution in [0.4, 0.5) is 0 Å². The molecule has 2 nitrogen and oxygen atoms in total. The van der Waals surface area contributed by atoms with Crippen LogP contribution in [-0.2, 0) is 13.0 Å². The van der Waals surface area contributed by atoms with Gasteiger partial charge in [0.05, 0.1) is 11.6 Å². The second kappa shape index (κ2) is 3.13. The number of fused-ring (bicyclic) bond motifs is 3. The third kappa shape index (κ3) is 1.16. The maximum Gasteiger partial charge on any atom is 0.0998 e. The zero-order chi connectivity index (χ0) is 10.3. The standard InChI is InChI=1S/C13H12N2/c14-9-10-4-3-6-13-12(10)8-11-5-1-2-7-15(11)13/h3-4,6,8H,1-2,5,7H2. The average molecular weight is 196 g/mol. The minimum Gasteiger partial charge on any atom is -0.345 e. The van der Waals surface area contributed by atoms with Crippen molar-refractivity contribution in [2.24, 2.45) is 0 Å². The molecule has 15 heavy (non-hydrogen) atoms. The zero-order valence-electron chi connectivity index (χ0n) is 8.53. The molecule has 0 atom stereocenters. The molecule has 0 spiro atoms. The lowest BCUT2D eigenvalue weighted by Crippen LogP contribution is -2.08. The van der Waals surface area contributed by atoms with Gasteiger partial charge >= 0.3 is 0 Å². The van der Waals surface area contributed by atoms with Crippen LogP contribution in [0.25, 0.3) is 10.9 Å². The van der Waals surface area contributed by atoms with Crippen molar-refractivity contribution in [3.63, 3.8) is 0 Å². The fourth-order valence-corrected chi connectivity index (χ4v) is 2.48. The summed E-state index contributed by atoms with van der Waals surface area (Å²) in [6.45, 7) is 1.10. The summed E-state index contributed by atoms with van der Waals surface area (Å²) >= 11 is 0. The van der Waals surface area contributed by atoms with Gasteiger partial charge in [0.25, 0.3) is 0 Å². The number of benzene rings is 1. The van der Waals surface area contributed by atoms with E-state index in [0.29, 0.717) is 0 Å². The monoisotopic (exact) mass is 196 g/mol. The molecule has 3 rings (SSSR count). The Morgan fingerprint density at radius 1 is 1.27 bits per heavy atom. The summed E-state index contributed by atoms with van der Waals surface area (Å²) in [7, 11) is 0. The van der Waals surface area contributed by atoms with Crippen LogP contribution >= 0.6 is 0 Å². The number of aromatic nitrogens is 1. The first-order valence-corrected chi connectivity index (χ1v) is 5.41. The highest BCUT2D eigenvalue weighted by molar-refractivity contribution is 5.87. The summed E-state index contributed by atoms with van der Waals surface area (Å²) in [4.78, 5) is 0. The first-order chi connectivity index (χ1) is 7.40. The molecule has 0 N–H and O–H groups in total. The highest BCUT2D eigenvalue weighted by atomic mass is 15.0. The molecule has 0 aliphatic carbocycles. The van der Waals surface area contributed by atoms with Gasteiger partial charge in [-0.05, 0) is 37.5 Å². The Balaban J connectivity index is 2.37. The first kappa shape index (κ1) is 8.55. The van der Waals surface area contributed by atoms with Gasteiger partial charge in [0.2, 0.25) is 0 Å². The topological polar surface area (TPSA) is 28.7 Å². The Morgan fingerprint density at radius 3 is 3.07 bits per heavy atom. The molecule has 1 aliphatic heterocycles. The fourth-order valence-electron chi connectivity index (χ4n) is 2.48. The molecule has 2 aromatic rings.